The number of ether oxygens (including phenoxy) is 1. The van der Waals surface area contributed by atoms with E-state index in [1.807, 2.05) is 24.3 Å². The average Bonchev–Trinajstić information content (AvgIpc) is 2.55. The molecule has 1 aliphatic rings. The third-order valence-electron chi connectivity index (χ3n) is 3.03. The summed E-state index contributed by atoms with van der Waals surface area (Å²) in [5.41, 5.74) is 7.51. The number of fused-ring (bicyclic) bond motifs is 2. The fraction of sp³-hybridized carbons (Fsp3) is 0.0714. The first-order valence-corrected chi connectivity index (χ1v) is 5.81. The Morgan fingerprint density at radius 1 is 1.21 bits per heavy atom. The minimum Gasteiger partial charge on any atom is -0.465 e. The van der Waals surface area contributed by atoms with Gasteiger partial charge in [0.2, 0.25) is 0 Å². The summed E-state index contributed by atoms with van der Waals surface area (Å²) in [4.78, 5) is 12.7. The number of hydrogen-bond donors (Lipinski definition) is 2. The molecule has 0 saturated carbocycles. The second-order valence-electron chi connectivity index (χ2n) is 4.31. The first-order chi connectivity index (χ1) is 9.15. The molecule has 0 aliphatic carbocycles. The van der Waals surface area contributed by atoms with E-state index in [1.165, 1.54) is 4.90 Å². The minimum absolute atomic E-state index is 0.238. The first kappa shape index (κ1) is 11.4. The van der Waals surface area contributed by atoms with Gasteiger partial charge in [-0.2, -0.15) is 0 Å². The molecule has 1 amide bonds. The molecular formula is C14H12N2O3. The second kappa shape index (κ2) is 4.20. The summed E-state index contributed by atoms with van der Waals surface area (Å²) in [5, 5.41) is 9.36. The minimum atomic E-state index is -1.04. The first-order valence-electron chi connectivity index (χ1n) is 5.81. The summed E-state index contributed by atoms with van der Waals surface area (Å²) in [6.45, 7) is 0.238. The zero-order chi connectivity index (χ0) is 13.4. The number of carboxylic acid groups (broad SMARTS) is 1. The maximum atomic E-state index is 11.4. The molecule has 0 radical (unpaired) electrons. The Bertz CT molecular complexity index is 655. The number of nitrogens with two attached hydrogens (primary N) is 1. The predicted molar refractivity (Wildman–Crippen MR) is 71.6 cm³/mol. The Labute approximate surface area is 109 Å². The van der Waals surface area contributed by atoms with Gasteiger partial charge in [0, 0.05) is 11.3 Å². The van der Waals surface area contributed by atoms with Gasteiger partial charge < -0.3 is 15.6 Å². The topological polar surface area (TPSA) is 75.8 Å². The summed E-state index contributed by atoms with van der Waals surface area (Å²) in [6, 6.07) is 12.4. The van der Waals surface area contributed by atoms with E-state index in [-0.39, 0.29) is 6.54 Å². The number of benzene rings is 2. The van der Waals surface area contributed by atoms with Gasteiger partial charge in [-0.1, -0.05) is 18.2 Å². The number of para-hydroxylation sites is 1. The van der Waals surface area contributed by atoms with E-state index in [9.17, 15) is 9.90 Å². The highest BCUT2D eigenvalue weighted by Crippen LogP contribution is 2.39. The van der Waals surface area contributed by atoms with Crippen LogP contribution in [0.4, 0.5) is 16.2 Å². The number of nitrogens with zero attached hydrogens (tertiary/aromatic N) is 1. The molecule has 2 aromatic rings. The molecule has 5 nitrogen and oxygen atoms in total. The Morgan fingerprint density at radius 3 is 2.79 bits per heavy atom. The normalized spacial score (nSPS) is 12.9. The number of anilines is 2. The van der Waals surface area contributed by atoms with Crippen LogP contribution in [0, 0.1) is 0 Å². The van der Waals surface area contributed by atoms with E-state index in [2.05, 4.69) is 0 Å². The summed E-state index contributed by atoms with van der Waals surface area (Å²) in [6.07, 6.45) is -1.04. The van der Waals surface area contributed by atoms with E-state index < -0.39 is 6.09 Å². The molecular weight excluding hydrogens is 244 g/mol. The summed E-state index contributed by atoms with van der Waals surface area (Å²) < 4.78 is 5.78. The number of rotatable bonds is 0. The number of carbonyl (C=O) groups is 1. The number of hydrogen-bond acceptors (Lipinski definition) is 3. The van der Waals surface area contributed by atoms with Crippen molar-refractivity contribution in [3.63, 3.8) is 0 Å². The van der Waals surface area contributed by atoms with E-state index in [1.54, 1.807) is 18.2 Å². The van der Waals surface area contributed by atoms with Crippen LogP contribution in [-0.4, -0.2) is 11.2 Å². The van der Waals surface area contributed by atoms with Gasteiger partial charge in [-0.15, -0.1) is 0 Å². The van der Waals surface area contributed by atoms with Crippen LogP contribution >= 0.6 is 0 Å². The van der Waals surface area contributed by atoms with Crippen LogP contribution in [0.15, 0.2) is 42.5 Å². The molecule has 0 fully saturated rings. The van der Waals surface area contributed by atoms with Gasteiger partial charge >= 0.3 is 6.09 Å². The Hall–Kier alpha value is -2.69. The zero-order valence-corrected chi connectivity index (χ0v) is 10.0. The lowest BCUT2D eigenvalue weighted by molar-refractivity contribution is 0.201. The molecule has 0 atom stereocenters. The maximum absolute atomic E-state index is 11.4. The van der Waals surface area contributed by atoms with E-state index in [0.717, 1.165) is 5.56 Å². The van der Waals surface area contributed by atoms with Gasteiger partial charge in [0.25, 0.3) is 0 Å². The molecule has 19 heavy (non-hydrogen) atoms. The molecule has 96 valence electrons. The molecule has 0 saturated heterocycles. The van der Waals surface area contributed by atoms with Crippen molar-refractivity contribution in [2.45, 2.75) is 6.54 Å². The predicted octanol–water partition coefficient (Wildman–Crippen LogP) is 3.06. The molecule has 2 aromatic carbocycles. The van der Waals surface area contributed by atoms with Crippen molar-refractivity contribution < 1.29 is 14.6 Å². The maximum Gasteiger partial charge on any atom is 0.412 e. The van der Waals surface area contributed by atoms with Crippen molar-refractivity contribution in [2.24, 2.45) is 0 Å². The SMILES string of the molecule is Nc1ccc2c(c1)N(C(=O)O)Cc1ccccc1O2. The van der Waals surface area contributed by atoms with Crippen molar-refractivity contribution in [3.8, 4) is 11.5 Å². The standard InChI is InChI=1S/C14H12N2O3/c15-10-5-6-13-11(7-10)16(14(17)18)8-9-3-1-2-4-12(9)19-13/h1-7H,8,15H2,(H,17,18). The van der Waals surface area contributed by atoms with Crippen LogP contribution < -0.4 is 15.4 Å². The van der Waals surface area contributed by atoms with Crippen molar-refractivity contribution in [2.75, 3.05) is 10.6 Å². The molecule has 1 aliphatic heterocycles. The molecule has 0 bridgehead atoms. The second-order valence-corrected chi connectivity index (χ2v) is 4.31. The molecule has 5 heteroatoms. The van der Waals surface area contributed by atoms with E-state index in [0.29, 0.717) is 22.9 Å². The van der Waals surface area contributed by atoms with Crippen LogP contribution in [-0.2, 0) is 6.54 Å². The summed E-state index contributed by atoms with van der Waals surface area (Å²) in [5.74, 6) is 1.15. The lowest BCUT2D eigenvalue weighted by Crippen LogP contribution is -2.28. The van der Waals surface area contributed by atoms with Crippen molar-refractivity contribution in [1.82, 2.24) is 0 Å². The van der Waals surface area contributed by atoms with Gasteiger partial charge in [-0.05, 0) is 24.3 Å². The van der Waals surface area contributed by atoms with Gasteiger partial charge in [-0.3, -0.25) is 4.90 Å². The number of nitrogen functional groups attached to an aromatic ring is 1. The lowest BCUT2D eigenvalue weighted by Gasteiger charge is -2.18. The van der Waals surface area contributed by atoms with Crippen LogP contribution in [0.25, 0.3) is 0 Å². The Kier molecular flexibility index (Phi) is 2.52. The molecule has 0 spiro atoms. The van der Waals surface area contributed by atoms with Crippen LogP contribution in [0.5, 0.6) is 11.5 Å². The van der Waals surface area contributed by atoms with Crippen LogP contribution in [0.1, 0.15) is 5.56 Å². The quantitative estimate of drug-likeness (QED) is 0.710. The summed E-state index contributed by atoms with van der Waals surface area (Å²) in [7, 11) is 0. The van der Waals surface area contributed by atoms with Crippen molar-refractivity contribution in [3.05, 3.63) is 48.0 Å². The molecule has 3 rings (SSSR count). The van der Waals surface area contributed by atoms with Crippen molar-refractivity contribution in [1.29, 1.82) is 0 Å². The van der Waals surface area contributed by atoms with Crippen LogP contribution in [0.3, 0.4) is 0 Å². The highest BCUT2D eigenvalue weighted by Gasteiger charge is 2.24. The molecule has 3 N–H and O–H groups in total. The largest absolute Gasteiger partial charge is 0.465 e. The smallest absolute Gasteiger partial charge is 0.412 e. The Balaban J connectivity index is 2.18. The van der Waals surface area contributed by atoms with E-state index in [4.69, 9.17) is 10.5 Å². The molecule has 0 aromatic heterocycles. The van der Waals surface area contributed by atoms with Gasteiger partial charge in [0.05, 0.1) is 12.2 Å². The third-order valence-corrected chi connectivity index (χ3v) is 3.03. The van der Waals surface area contributed by atoms with Crippen LogP contribution in [0.2, 0.25) is 0 Å². The zero-order valence-electron chi connectivity index (χ0n) is 10.0. The van der Waals surface area contributed by atoms with Gasteiger partial charge in [0.1, 0.15) is 5.75 Å². The highest BCUT2D eigenvalue weighted by atomic mass is 16.5. The lowest BCUT2D eigenvalue weighted by atomic mass is 10.2. The molecule has 1 heterocycles. The average molecular weight is 256 g/mol. The summed E-state index contributed by atoms with van der Waals surface area (Å²) >= 11 is 0. The fourth-order valence-corrected chi connectivity index (χ4v) is 2.11. The fourth-order valence-electron chi connectivity index (χ4n) is 2.11. The van der Waals surface area contributed by atoms with Crippen molar-refractivity contribution >= 4 is 17.5 Å². The monoisotopic (exact) mass is 256 g/mol. The number of amides is 1. The third kappa shape index (κ3) is 1.95. The van der Waals surface area contributed by atoms with Gasteiger partial charge in [0.15, 0.2) is 5.75 Å². The Morgan fingerprint density at radius 2 is 2.00 bits per heavy atom. The van der Waals surface area contributed by atoms with Gasteiger partial charge in [-0.25, -0.2) is 4.79 Å². The highest BCUT2D eigenvalue weighted by molar-refractivity contribution is 5.89. The van der Waals surface area contributed by atoms with E-state index >= 15 is 0 Å². The molecule has 0 unspecified atom stereocenters.